The van der Waals surface area contributed by atoms with Crippen molar-refractivity contribution in [1.82, 2.24) is 23.1 Å². The van der Waals surface area contributed by atoms with Crippen LogP contribution >= 0.6 is 11.8 Å². The molecule has 128 valence electrons. The summed E-state index contributed by atoms with van der Waals surface area (Å²) < 4.78 is 5.57. The number of nitrogens with zero attached hydrogens (tertiary/aromatic N) is 5. The second-order valence-corrected chi connectivity index (χ2v) is 6.63. The van der Waals surface area contributed by atoms with Crippen molar-refractivity contribution >= 4 is 39.6 Å². The van der Waals surface area contributed by atoms with Gasteiger partial charge >= 0.3 is 5.69 Å². The van der Waals surface area contributed by atoms with E-state index in [-0.39, 0.29) is 16.7 Å². The Kier molecular flexibility index (Phi) is 3.36. The molecule has 0 aliphatic carbocycles. The lowest BCUT2D eigenvalue weighted by molar-refractivity contribution is 0.708. The van der Waals surface area contributed by atoms with Crippen LogP contribution in [0.3, 0.4) is 0 Å². The Morgan fingerprint density at radius 1 is 1.04 bits per heavy atom. The number of imidazole rings is 1. The molecule has 25 heavy (non-hydrogen) atoms. The van der Waals surface area contributed by atoms with Crippen molar-refractivity contribution in [3.8, 4) is 0 Å². The molecule has 0 radical (unpaired) electrons. The first-order valence-electron chi connectivity index (χ1n) is 7.56. The minimum atomic E-state index is -0.455. The number of hydrogen-bond acceptors (Lipinski definition) is 5. The lowest BCUT2D eigenvalue weighted by Gasteiger charge is -2.09. The maximum Gasteiger partial charge on any atom is 0.332 e. The van der Waals surface area contributed by atoms with Gasteiger partial charge in [-0.3, -0.25) is 27.7 Å². The number of aryl methyl sites for hydroxylation is 1. The van der Waals surface area contributed by atoms with E-state index in [4.69, 9.17) is 0 Å². The highest BCUT2D eigenvalue weighted by atomic mass is 32.2. The van der Waals surface area contributed by atoms with E-state index in [2.05, 4.69) is 4.98 Å². The van der Waals surface area contributed by atoms with Crippen LogP contribution in [0.1, 0.15) is 0 Å². The van der Waals surface area contributed by atoms with Gasteiger partial charge in [0.15, 0.2) is 11.2 Å². The van der Waals surface area contributed by atoms with E-state index in [9.17, 15) is 14.4 Å². The molecular formula is C16H15N5O3S. The fraction of sp³-hybridized carbons (Fsp3) is 0.250. The summed E-state index contributed by atoms with van der Waals surface area (Å²) in [7, 11) is 3.00. The highest BCUT2D eigenvalue weighted by molar-refractivity contribution is 7.97. The van der Waals surface area contributed by atoms with Gasteiger partial charge in [-0.15, -0.1) is 11.8 Å². The van der Waals surface area contributed by atoms with Gasteiger partial charge in [-0.2, -0.15) is 4.98 Å². The van der Waals surface area contributed by atoms with Crippen LogP contribution in [0.25, 0.3) is 27.8 Å². The van der Waals surface area contributed by atoms with Crippen LogP contribution in [0, 0.1) is 0 Å². The third-order valence-electron chi connectivity index (χ3n) is 4.36. The van der Waals surface area contributed by atoms with Gasteiger partial charge < -0.3 is 0 Å². The molecule has 0 saturated carbocycles. The van der Waals surface area contributed by atoms with Gasteiger partial charge in [-0.25, -0.2) is 4.79 Å². The Morgan fingerprint density at radius 2 is 1.76 bits per heavy atom. The summed E-state index contributed by atoms with van der Waals surface area (Å²) in [4.78, 5) is 42.3. The maximum absolute atomic E-state index is 12.9. The van der Waals surface area contributed by atoms with E-state index in [1.54, 1.807) is 35.7 Å². The first-order valence-corrected chi connectivity index (χ1v) is 8.95. The molecule has 3 aromatic heterocycles. The molecule has 1 aromatic carbocycles. The van der Waals surface area contributed by atoms with Gasteiger partial charge in [0, 0.05) is 14.1 Å². The summed E-state index contributed by atoms with van der Waals surface area (Å²) in [6, 6.07) is 7.09. The lowest BCUT2D eigenvalue weighted by Crippen LogP contribution is -2.37. The van der Waals surface area contributed by atoms with Crippen LogP contribution < -0.4 is 16.8 Å². The molecule has 0 fully saturated rings. The second-order valence-electron chi connectivity index (χ2n) is 5.79. The highest BCUT2D eigenvalue weighted by Crippen LogP contribution is 2.19. The molecule has 4 aromatic rings. The number of rotatable bonds is 2. The fourth-order valence-corrected chi connectivity index (χ4v) is 3.62. The molecule has 0 unspecified atom stereocenters. The molecular weight excluding hydrogens is 342 g/mol. The Morgan fingerprint density at radius 3 is 2.48 bits per heavy atom. The molecule has 4 rings (SSSR count). The lowest BCUT2D eigenvalue weighted by atomic mass is 10.2. The SMILES string of the molecule is CSCn1c(=O)c2ccccc2n2c3c(=O)n(C)c(=O)n(C)c3nc12. The van der Waals surface area contributed by atoms with Crippen molar-refractivity contribution in [1.29, 1.82) is 0 Å². The molecule has 9 heteroatoms. The summed E-state index contributed by atoms with van der Waals surface area (Å²) in [5.74, 6) is 0.747. The number of benzene rings is 1. The summed E-state index contributed by atoms with van der Waals surface area (Å²) in [6.07, 6.45) is 1.88. The Bertz CT molecular complexity index is 1340. The minimum absolute atomic E-state index is 0.172. The topological polar surface area (TPSA) is 83.3 Å². The molecule has 0 atom stereocenters. The number of hydrogen-bond donors (Lipinski definition) is 0. The van der Waals surface area contributed by atoms with Gasteiger partial charge in [0.25, 0.3) is 11.1 Å². The molecule has 0 bridgehead atoms. The van der Waals surface area contributed by atoms with Crippen molar-refractivity contribution in [2.75, 3.05) is 6.26 Å². The zero-order valence-electron chi connectivity index (χ0n) is 13.9. The van der Waals surface area contributed by atoms with Crippen LogP contribution in [0.5, 0.6) is 0 Å². The third-order valence-corrected chi connectivity index (χ3v) is 4.88. The average molecular weight is 357 g/mol. The van der Waals surface area contributed by atoms with E-state index < -0.39 is 11.2 Å². The monoisotopic (exact) mass is 357 g/mol. The normalized spacial score (nSPS) is 11.8. The Hall–Kier alpha value is -2.81. The molecule has 0 amide bonds. The standard InChI is InChI=1S/C16H15N5O3S/c1-18-12-11(14(23)19(2)16(18)24)21-10-7-5-4-6-9(10)13(22)20(8-25-3)15(21)17-12/h4-7H,8H2,1-3H3. The van der Waals surface area contributed by atoms with Gasteiger partial charge in [0.05, 0.1) is 16.8 Å². The Labute approximate surface area is 144 Å². The molecule has 0 N–H and O–H groups in total. The molecule has 0 saturated heterocycles. The number of fused-ring (bicyclic) bond motifs is 5. The van der Waals surface area contributed by atoms with E-state index >= 15 is 0 Å². The predicted molar refractivity (Wildman–Crippen MR) is 98.5 cm³/mol. The molecule has 8 nitrogen and oxygen atoms in total. The highest BCUT2D eigenvalue weighted by Gasteiger charge is 2.20. The third kappa shape index (κ3) is 1.95. The van der Waals surface area contributed by atoms with E-state index in [1.165, 1.54) is 27.9 Å². The summed E-state index contributed by atoms with van der Waals surface area (Å²) in [5, 5.41) is 0.499. The van der Waals surface area contributed by atoms with Gasteiger partial charge in [-0.1, -0.05) is 12.1 Å². The van der Waals surface area contributed by atoms with Gasteiger partial charge in [0.1, 0.15) is 0 Å². The van der Waals surface area contributed by atoms with Crippen LogP contribution in [-0.4, -0.2) is 29.3 Å². The second kappa shape index (κ2) is 5.35. The minimum Gasteiger partial charge on any atom is -0.279 e. The molecule has 3 heterocycles. The first kappa shape index (κ1) is 15.7. The zero-order chi connectivity index (χ0) is 17.9. The number of thioether (sulfide) groups is 1. The molecule has 0 aliphatic heterocycles. The maximum atomic E-state index is 12.9. The van der Waals surface area contributed by atoms with Gasteiger partial charge in [-0.05, 0) is 18.4 Å². The predicted octanol–water partition coefficient (Wildman–Crippen LogP) is 0.520. The van der Waals surface area contributed by atoms with E-state index in [0.29, 0.717) is 22.6 Å². The van der Waals surface area contributed by atoms with Crippen molar-refractivity contribution in [2.24, 2.45) is 14.1 Å². The number of para-hydroxylation sites is 1. The van der Waals surface area contributed by atoms with Crippen molar-refractivity contribution in [3.05, 3.63) is 55.5 Å². The zero-order valence-corrected chi connectivity index (χ0v) is 14.7. The summed E-state index contributed by atoms with van der Waals surface area (Å²) in [5.41, 5.74) is 0.0751. The van der Waals surface area contributed by atoms with Crippen LogP contribution in [0.2, 0.25) is 0 Å². The number of aromatic nitrogens is 5. The Balaban J connectivity index is 2.45. The summed E-state index contributed by atoms with van der Waals surface area (Å²) >= 11 is 1.47. The van der Waals surface area contributed by atoms with Crippen molar-refractivity contribution in [2.45, 2.75) is 5.88 Å². The van der Waals surface area contributed by atoms with Crippen LogP contribution in [0.4, 0.5) is 0 Å². The van der Waals surface area contributed by atoms with Crippen LogP contribution in [0.15, 0.2) is 38.6 Å². The van der Waals surface area contributed by atoms with E-state index in [1.807, 2.05) is 6.26 Å². The smallest absolute Gasteiger partial charge is 0.279 e. The molecule has 0 spiro atoms. The van der Waals surface area contributed by atoms with E-state index in [0.717, 1.165) is 4.57 Å². The quantitative estimate of drug-likeness (QED) is 0.522. The molecule has 0 aliphatic rings. The van der Waals surface area contributed by atoms with Gasteiger partial charge in [0.2, 0.25) is 5.78 Å². The fourth-order valence-electron chi connectivity index (χ4n) is 3.12. The van der Waals surface area contributed by atoms with Crippen molar-refractivity contribution in [3.63, 3.8) is 0 Å². The first-order chi connectivity index (χ1) is 12.0. The largest absolute Gasteiger partial charge is 0.332 e. The van der Waals surface area contributed by atoms with Crippen molar-refractivity contribution < 1.29 is 0 Å². The van der Waals surface area contributed by atoms with Crippen LogP contribution in [-0.2, 0) is 20.0 Å². The summed E-state index contributed by atoms with van der Waals surface area (Å²) in [6.45, 7) is 0. The average Bonchev–Trinajstić information content (AvgIpc) is 3.02.